The normalized spacial score (nSPS) is 9.68. The summed E-state index contributed by atoms with van der Waals surface area (Å²) in [4.78, 5) is 9.82. The van der Waals surface area contributed by atoms with Crippen molar-refractivity contribution >= 4 is 5.97 Å². The van der Waals surface area contributed by atoms with Gasteiger partial charge in [0.25, 0.3) is 0 Å². The monoisotopic (exact) mass is 276 g/mol. The van der Waals surface area contributed by atoms with E-state index in [-0.39, 0.29) is 11.6 Å². The van der Waals surface area contributed by atoms with Crippen molar-refractivity contribution in [2.75, 3.05) is 13.7 Å². The summed E-state index contributed by atoms with van der Waals surface area (Å²) >= 11 is 0. The summed E-state index contributed by atoms with van der Waals surface area (Å²) in [6.07, 6.45) is 7.01. The second-order valence-electron chi connectivity index (χ2n) is 5.30. The Morgan fingerprint density at radius 2 is 1.32 bits per heavy atom. The molecule has 0 aliphatic heterocycles. The van der Waals surface area contributed by atoms with Crippen LogP contribution >= 0.6 is 0 Å². The van der Waals surface area contributed by atoms with Gasteiger partial charge in [0.2, 0.25) is 0 Å². The van der Waals surface area contributed by atoms with Crippen LogP contribution in [-0.2, 0) is 14.3 Å². The number of methoxy groups -OCH3 is 1. The van der Waals surface area contributed by atoms with E-state index < -0.39 is 0 Å². The molecule has 0 N–H and O–H groups in total. The number of carbonyl (C=O) groups is 1. The highest BCUT2D eigenvalue weighted by atomic mass is 16.5. The number of esters is 1. The van der Waals surface area contributed by atoms with Crippen molar-refractivity contribution in [2.45, 2.75) is 86.2 Å². The first kappa shape index (κ1) is 23.5. The van der Waals surface area contributed by atoms with Crippen LogP contribution < -0.4 is 0 Å². The maximum atomic E-state index is 9.82. The second-order valence-corrected chi connectivity index (χ2v) is 5.30. The first-order chi connectivity index (χ1) is 8.74. The van der Waals surface area contributed by atoms with E-state index in [4.69, 9.17) is 4.74 Å². The van der Waals surface area contributed by atoms with Gasteiger partial charge in [-0.15, -0.1) is 0 Å². The first-order valence-electron chi connectivity index (χ1n) is 7.43. The van der Waals surface area contributed by atoms with Crippen molar-refractivity contribution in [2.24, 2.45) is 0 Å². The predicted molar refractivity (Wildman–Crippen MR) is 83.5 cm³/mol. The molecule has 0 fully saturated rings. The highest BCUT2D eigenvalue weighted by molar-refractivity contribution is 5.65. The molecule has 0 radical (unpaired) electrons. The number of carbonyl (C=O) groups excluding carboxylic acids is 1. The van der Waals surface area contributed by atoms with Crippen LogP contribution in [0.1, 0.15) is 80.6 Å². The van der Waals surface area contributed by atoms with Gasteiger partial charge in [0, 0.05) is 14.0 Å². The molecular weight excluding hydrogens is 240 g/mol. The van der Waals surface area contributed by atoms with E-state index in [1.54, 1.807) is 14.0 Å². The lowest BCUT2D eigenvalue weighted by atomic mass is 10.2. The minimum absolute atomic E-state index is 0.0417. The maximum Gasteiger partial charge on any atom is 0.302 e. The van der Waals surface area contributed by atoms with Crippen molar-refractivity contribution in [3.63, 3.8) is 0 Å². The van der Waals surface area contributed by atoms with Gasteiger partial charge in [-0.05, 0) is 27.7 Å². The molecule has 0 atom stereocenters. The van der Waals surface area contributed by atoms with Crippen LogP contribution in [-0.4, -0.2) is 25.3 Å². The van der Waals surface area contributed by atoms with E-state index in [0.29, 0.717) is 6.61 Å². The van der Waals surface area contributed by atoms with Crippen LogP contribution in [0.3, 0.4) is 0 Å². The number of hydrogen-bond donors (Lipinski definition) is 0. The molecule has 0 saturated carbocycles. The van der Waals surface area contributed by atoms with Crippen LogP contribution in [0.15, 0.2) is 0 Å². The summed E-state index contributed by atoms with van der Waals surface area (Å²) in [7, 11) is 1.71. The maximum absolute atomic E-state index is 9.82. The molecule has 3 heteroatoms. The van der Waals surface area contributed by atoms with Crippen molar-refractivity contribution in [1.29, 1.82) is 0 Å². The third-order valence-corrected chi connectivity index (χ3v) is 2.17. The molecule has 19 heavy (non-hydrogen) atoms. The van der Waals surface area contributed by atoms with E-state index in [1.165, 1.54) is 39.0 Å². The predicted octanol–water partition coefficient (Wildman–Crippen LogP) is 4.98. The van der Waals surface area contributed by atoms with Crippen LogP contribution in [0.25, 0.3) is 0 Å². The lowest BCUT2D eigenvalue weighted by Crippen LogP contribution is -2.15. The largest absolute Gasteiger partial charge is 0.466 e. The van der Waals surface area contributed by atoms with E-state index in [9.17, 15) is 4.79 Å². The average Bonchev–Trinajstić information content (AvgIpc) is 2.30. The van der Waals surface area contributed by atoms with Crippen molar-refractivity contribution in [1.82, 2.24) is 0 Å². The molecule has 0 spiro atoms. The summed E-state index contributed by atoms with van der Waals surface area (Å²) in [6, 6.07) is 0. The van der Waals surface area contributed by atoms with Gasteiger partial charge < -0.3 is 9.47 Å². The van der Waals surface area contributed by atoms with Gasteiger partial charge in [-0.25, -0.2) is 0 Å². The molecule has 0 rings (SSSR count). The Hall–Kier alpha value is -0.570. The SMILES string of the molecule is CCCCCCC.CCOC(C)=O.COC(C)(C)C. The molecule has 0 aromatic carbocycles. The highest BCUT2D eigenvalue weighted by Gasteiger charge is 2.04. The third-order valence-electron chi connectivity index (χ3n) is 2.17. The van der Waals surface area contributed by atoms with Gasteiger partial charge in [0.1, 0.15) is 0 Å². The smallest absolute Gasteiger partial charge is 0.302 e. The minimum Gasteiger partial charge on any atom is -0.466 e. The van der Waals surface area contributed by atoms with Gasteiger partial charge in [-0.2, -0.15) is 0 Å². The van der Waals surface area contributed by atoms with Gasteiger partial charge in [0.05, 0.1) is 12.2 Å². The van der Waals surface area contributed by atoms with Crippen LogP contribution in [0, 0.1) is 0 Å². The molecule has 0 aliphatic rings. The van der Waals surface area contributed by atoms with E-state index in [1.807, 2.05) is 20.8 Å². The Kier molecular flexibility index (Phi) is 21.6. The molecule has 0 aromatic heterocycles. The lowest BCUT2D eigenvalue weighted by Gasteiger charge is -2.14. The van der Waals surface area contributed by atoms with E-state index in [0.717, 1.165) is 0 Å². The fourth-order valence-electron chi connectivity index (χ4n) is 0.880. The Morgan fingerprint density at radius 1 is 0.947 bits per heavy atom. The van der Waals surface area contributed by atoms with E-state index >= 15 is 0 Å². The van der Waals surface area contributed by atoms with Crippen molar-refractivity contribution in [3.8, 4) is 0 Å². The molecule has 0 heterocycles. The summed E-state index contributed by atoms with van der Waals surface area (Å²) in [5, 5.41) is 0. The van der Waals surface area contributed by atoms with Crippen LogP contribution in [0.5, 0.6) is 0 Å². The molecule has 0 unspecified atom stereocenters. The number of unbranched alkanes of at least 4 members (excludes halogenated alkanes) is 4. The molecule has 3 nitrogen and oxygen atoms in total. The van der Waals surface area contributed by atoms with Crippen molar-refractivity contribution < 1.29 is 14.3 Å². The molecule has 118 valence electrons. The molecular formula is C16H36O3. The Bertz CT molecular complexity index is 167. The standard InChI is InChI=1S/C7H16.C5H12O.C4H8O2/c1-3-5-7-6-4-2;1-5(2,3)6-4;1-3-6-4(2)5/h3-7H2,1-2H3;1-4H3;3H2,1-2H3. The minimum atomic E-state index is -0.211. The zero-order valence-corrected chi connectivity index (χ0v) is 14.5. The van der Waals surface area contributed by atoms with Gasteiger partial charge in [-0.3, -0.25) is 4.79 Å². The number of hydrogen-bond acceptors (Lipinski definition) is 3. The molecule has 0 saturated heterocycles. The Balaban J connectivity index is -0.000000203. The average molecular weight is 276 g/mol. The Labute approximate surface area is 121 Å². The zero-order chi connectivity index (χ0) is 15.7. The fraction of sp³-hybridized carbons (Fsp3) is 0.938. The molecule has 0 aromatic rings. The summed E-state index contributed by atoms with van der Waals surface area (Å²) in [5.41, 5.74) is 0.0417. The Morgan fingerprint density at radius 3 is 1.42 bits per heavy atom. The summed E-state index contributed by atoms with van der Waals surface area (Å²) < 4.78 is 9.34. The number of rotatable bonds is 5. The lowest BCUT2D eigenvalue weighted by molar-refractivity contribution is -0.140. The molecule has 0 amide bonds. The highest BCUT2D eigenvalue weighted by Crippen LogP contribution is 2.02. The van der Waals surface area contributed by atoms with Gasteiger partial charge in [-0.1, -0.05) is 46.0 Å². The molecule has 0 bridgehead atoms. The molecule has 0 aliphatic carbocycles. The van der Waals surface area contributed by atoms with Crippen LogP contribution in [0.4, 0.5) is 0 Å². The van der Waals surface area contributed by atoms with Gasteiger partial charge >= 0.3 is 5.97 Å². The van der Waals surface area contributed by atoms with Crippen molar-refractivity contribution in [3.05, 3.63) is 0 Å². The second kappa shape index (κ2) is 17.4. The fourth-order valence-corrected chi connectivity index (χ4v) is 0.880. The topological polar surface area (TPSA) is 35.5 Å². The van der Waals surface area contributed by atoms with Crippen LogP contribution in [0.2, 0.25) is 0 Å². The van der Waals surface area contributed by atoms with E-state index in [2.05, 4.69) is 18.6 Å². The third kappa shape index (κ3) is 46.7. The quantitative estimate of drug-likeness (QED) is 0.525. The summed E-state index contributed by atoms with van der Waals surface area (Å²) in [5.74, 6) is -0.211. The zero-order valence-electron chi connectivity index (χ0n) is 14.5. The van der Waals surface area contributed by atoms with Gasteiger partial charge in [0.15, 0.2) is 0 Å². The first-order valence-corrected chi connectivity index (χ1v) is 7.43. The summed E-state index contributed by atoms with van der Waals surface area (Å²) in [6.45, 7) is 14.2. The number of ether oxygens (including phenoxy) is 2.